The first-order valence-corrected chi connectivity index (χ1v) is 5.65. The highest BCUT2D eigenvalue weighted by atomic mass is 35.5. The highest BCUT2D eigenvalue weighted by molar-refractivity contribution is 6.30. The number of ether oxygens (including phenoxy) is 1. The minimum Gasteiger partial charge on any atom is -0.491 e. The Labute approximate surface area is 96.4 Å². The van der Waals surface area contributed by atoms with E-state index in [1.807, 2.05) is 0 Å². The number of benzene rings is 1. The number of nitrogen functional groups attached to an aromatic ring is 1. The Hall–Kier alpha value is -0.890. The van der Waals surface area contributed by atoms with Gasteiger partial charge in [-0.1, -0.05) is 25.4 Å². The van der Waals surface area contributed by atoms with Gasteiger partial charge in [0.1, 0.15) is 5.75 Å². The number of rotatable bonds is 5. The van der Waals surface area contributed by atoms with Gasteiger partial charge in [-0.3, -0.25) is 0 Å². The van der Waals surface area contributed by atoms with Gasteiger partial charge in [0.25, 0.3) is 0 Å². The quantitative estimate of drug-likeness (QED) is 0.615. The van der Waals surface area contributed by atoms with Crippen LogP contribution in [0.3, 0.4) is 0 Å². The summed E-state index contributed by atoms with van der Waals surface area (Å²) in [5.41, 5.74) is 6.39. The molecule has 2 nitrogen and oxygen atoms in total. The third-order valence-corrected chi connectivity index (χ3v) is 2.39. The van der Waals surface area contributed by atoms with E-state index >= 15 is 0 Å². The van der Waals surface area contributed by atoms with Gasteiger partial charge in [0.2, 0.25) is 0 Å². The molecule has 0 saturated heterocycles. The molecule has 1 rings (SSSR count). The third-order valence-electron chi connectivity index (χ3n) is 2.16. The average molecular weight is 228 g/mol. The van der Waals surface area contributed by atoms with Crippen LogP contribution < -0.4 is 10.5 Å². The van der Waals surface area contributed by atoms with E-state index in [9.17, 15) is 0 Å². The Morgan fingerprint density at radius 2 is 2.13 bits per heavy atom. The molecule has 1 aromatic carbocycles. The highest BCUT2D eigenvalue weighted by Gasteiger charge is 2.01. The summed E-state index contributed by atoms with van der Waals surface area (Å²) in [6.07, 6.45) is 2.21. The molecule has 0 heterocycles. The van der Waals surface area contributed by atoms with Gasteiger partial charge in [-0.05, 0) is 30.9 Å². The van der Waals surface area contributed by atoms with E-state index in [-0.39, 0.29) is 0 Å². The summed E-state index contributed by atoms with van der Waals surface area (Å²) >= 11 is 5.84. The lowest BCUT2D eigenvalue weighted by Crippen LogP contribution is -2.01. The molecular weight excluding hydrogens is 210 g/mol. The van der Waals surface area contributed by atoms with Crippen LogP contribution in [0.1, 0.15) is 26.7 Å². The topological polar surface area (TPSA) is 35.2 Å². The molecule has 0 bridgehead atoms. The van der Waals surface area contributed by atoms with Crippen molar-refractivity contribution in [3.05, 3.63) is 23.2 Å². The van der Waals surface area contributed by atoms with Crippen molar-refractivity contribution in [3.63, 3.8) is 0 Å². The highest BCUT2D eigenvalue weighted by Crippen LogP contribution is 2.25. The van der Waals surface area contributed by atoms with E-state index in [2.05, 4.69) is 13.8 Å². The molecule has 0 saturated carbocycles. The Balaban J connectivity index is 2.40. The Morgan fingerprint density at radius 3 is 2.80 bits per heavy atom. The smallest absolute Gasteiger partial charge is 0.143 e. The van der Waals surface area contributed by atoms with Crippen LogP contribution in [0.5, 0.6) is 5.75 Å². The maximum Gasteiger partial charge on any atom is 0.143 e. The van der Waals surface area contributed by atoms with Crippen LogP contribution in [-0.4, -0.2) is 6.61 Å². The van der Waals surface area contributed by atoms with Crippen LogP contribution in [0, 0.1) is 5.92 Å². The number of anilines is 1. The van der Waals surface area contributed by atoms with Crippen LogP contribution in [-0.2, 0) is 0 Å². The van der Waals surface area contributed by atoms with E-state index in [4.69, 9.17) is 22.1 Å². The summed E-state index contributed by atoms with van der Waals surface area (Å²) in [4.78, 5) is 0. The zero-order chi connectivity index (χ0) is 11.3. The zero-order valence-corrected chi connectivity index (χ0v) is 10.1. The predicted molar refractivity (Wildman–Crippen MR) is 65.4 cm³/mol. The lowest BCUT2D eigenvalue weighted by Gasteiger charge is -2.09. The first-order chi connectivity index (χ1) is 7.09. The van der Waals surface area contributed by atoms with E-state index in [0.717, 1.165) is 6.42 Å². The van der Waals surface area contributed by atoms with Crippen molar-refractivity contribution in [2.75, 3.05) is 12.3 Å². The predicted octanol–water partition coefficient (Wildman–Crippen LogP) is 3.74. The molecule has 15 heavy (non-hydrogen) atoms. The number of hydrogen-bond acceptors (Lipinski definition) is 2. The van der Waals surface area contributed by atoms with Crippen LogP contribution in [0.4, 0.5) is 5.69 Å². The molecule has 0 unspecified atom stereocenters. The first kappa shape index (κ1) is 12.2. The number of hydrogen-bond donors (Lipinski definition) is 1. The van der Waals surface area contributed by atoms with Gasteiger partial charge in [0.15, 0.2) is 0 Å². The number of nitrogens with two attached hydrogens (primary N) is 1. The van der Waals surface area contributed by atoms with E-state index in [1.54, 1.807) is 18.2 Å². The fourth-order valence-electron chi connectivity index (χ4n) is 1.31. The summed E-state index contributed by atoms with van der Waals surface area (Å²) in [5, 5.41) is 0.656. The number of halogens is 1. The monoisotopic (exact) mass is 227 g/mol. The molecule has 0 spiro atoms. The molecule has 0 amide bonds. The second-order valence-electron chi connectivity index (χ2n) is 4.07. The summed E-state index contributed by atoms with van der Waals surface area (Å²) in [7, 11) is 0. The Morgan fingerprint density at radius 1 is 1.40 bits per heavy atom. The molecule has 2 N–H and O–H groups in total. The molecule has 0 aliphatic heterocycles. The summed E-state index contributed by atoms with van der Waals surface area (Å²) < 4.78 is 5.56. The van der Waals surface area contributed by atoms with Crippen molar-refractivity contribution in [2.45, 2.75) is 26.7 Å². The Kier molecular flexibility index (Phi) is 4.76. The molecule has 84 valence electrons. The fourth-order valence-corrected chi connectivity index (χ4v) is 1.47. The molecule has 0 atom stereocenters. The largest absolute Gasteiger partial charge is 0.491 e. The molecule has 0 aliphatic rings. The molecule has 0 aromatic heterocycles. The van der Waals surface area contributed by atoms with Crippen LogP contribution in [0.15, 0.2) is 18.2 Å². The summed E-state index contributed by atoms with van der Waals surface area (Å²) in [5.74, 6) is 1.40. The van der Waals surface area contributed by atoms with Crippen LogP contribution in [0.2, 0.25) is 5.02 Å². The summed E-state index contributed by atoms with van der Waals surface area (Å²) in [6, 6.07) is 5.28. The fraction of sp³-hybridized carbons (Fsp3) is 0.500. The minimum absolute atomic E-state index is 0.643. The standard InChI is InChI=1S/C12H18ClNO/c1-9(2)4-3-7-15-12-8-10(13)5-6-11(12)14/h5-6,8-9H,3-4,7,14H2,1-2H3. The second kappa shape index (κ2) is 5.86. The van der Waals surface area contributed by atoms with Crippen molar-refractivity contribution in [3.8, 4) is 5.75 Å². The van der Waals surface area contributed by atoms with E-state index in [1.165, 1.54) is 6.42 Å². The van der Waals surface area contributed by atoms with Gasteiger partial charge in [0.05, 0.1) is 12.3 Å². The maximum absolute atomic E-state index is 5.84. The normalized spacial score (nSPS) is 10.7. The van der Waals surface area contributed by atoms with Gasteiger partial charge in [-0.15, -0.1) is 0 Å². The zero-order valence-electron chi connectivity index (χ0n) is 9.29. The van der Waals surface area contributed by atoms with Crippen molar-refractivity contribution in [2.24, 2.45) is 5.92 Å². The lowest BCUT2D eigenvalue weighted by atomic mass is 10.1. The van der Waals surface area contributed by atoms with E-state index in [0.29, 0.717) is 29.0 Å². The molecular formula is C12H18ClNO. The van der Waals surface area contributed by atoms with Gasteiger partial charge < -0.3 is 10.5 Å². The van der Waals surface area contributed by atoms with Crippen molar-refractivity contribution in [1.29, 1.82) is 0 Å². The molecule has 0 fully saturated rings. The van der Waals surface area contributed by atoms with Gasteiger partial charge >= 0.3 is 0 Å². The van der Waals surface area contributed by atoms with Crippen LogP contribution >= 0.6 is 11.6 Å². The molecule has 0 aliphatic carbocycles. The maximum atomic E-state index is 5.84. The van der Waals surface area contributed by atoms with Crippen molar-refractivity contribution < 1.29 is 4.74 Å². The average Bonchev–Trinajstić information content (AvgIpc) is 2.17. The van der Waals surface area contributed by atoms with Gasteiger partial charge in [0, 0.05) is 11.1 Å². The molecule has 1 aromatic rings. The SMILES string of the molecule is CC(C)CCCOc1cc(Cl)ccc1N. The Bertz CT molecular complexity index is 312. The third kappa shape index (κ3) is 4.43. The van der Waals surface area contributed by atoms with Gasteiger partial charge in [-0.25, -0.2) is 0 Å². The van der Waals surface area contributed by atoms with Gasteiger partial charge in [-0.2, -0.15) is 0 Å². The van der Waals surface area contributed by atoms with Crippen molar-refractivity contribution >= 4 is 17.3 Å². The minimum atomic E-state index is 0.643. The first-order valence-electron chi connectivity index (χ1n) is 5.27. The summed E-state index contributed by atoms with van der Waals surface area (Å²) in [6.45, 7) is 5.10. The van der Waals surface area contributed by atoms with Crippen LogP contribution in [0.25, 0.3) is 0 Å². The van der Waals surface area contributed by atoms with E-state index < -0.39 is 0 Å². The lowest BCUT2D eigenvalue weighted by molar-refractivity contribution is 0.299. The van der Waals surface area contributed by atoms with Crippen molar-refractivity contribution in [1.82, 2.24) is 0 Å². The second-order valence-corrected chi connectivity index (χ2v) is 4.50. The molecule has 3 heteroatoms. The molecule has 0 radical (unpaired) electrons.